The highest BCUT2D eigenvalue weighted by atomic mass is 16.6. The molecule has 0 bridgehead atoms. The monoisotopic (exact) mass is 667 g/mol. The third-order valence-corrected chi connectivity index (χ3v) is 8.03. The average molecular weight is 668 g/mol. The number of ether oxygens (including phenoxy) is 7. The van der Waals surface area contributed by atoms with Crippen molar-refractivity contribution in [1.29, 1.82) is 0 Å². The summed E-state index contributed by atoms with van der Waals surface area (Å²) in [6.45, 7) is 2.40. The van der Waals surface area contributed by atoms with Crippen LogP contribution in [0, 0.1) is 6.92 Å². The minimum Gasteiger partial charge on any atom is -0.493 e. The molecule has 0 spiro atoms. The predicted molar refractivity (Wildman–Crippen MR) is 183 cm³/mol. The molecule has 1 aliphatic heterocycles. The molecule has 6 rings (SSSR count). The van der Waals surface area contributed by atoms with Gasteiger partial charge in [-0.2, -0.15) is 0 Å². The number of methoxy groups -OCH3 is 5. The first kappa shape index (κ1) is 32.9. The maximum Gasteiger partial charge on any atom is 0.255 e. The van der Waals surface area contributed by atoms with Gasteiger partial charge in [0.05, 0.1) is 41.1 Å². The maximum absolute atomic E-state index is 12.8. The third-order valence-electron chi connectivity index (χ3n) is 8.03. The Kier molecular flexibility index (Phi) is 9.65. The Morgan fingerprint density at radius 2 is 1.33 bits per heavy atom. The Hall–Kier alpha value is -6.04. The molecule has 0 radical (unpaired) electrons. The number of aromatic nitrogens is 1. The summed E-state index contributed by atoms with van der Waals surface area (Å²) in [5.41, 5.74) is 5.30. The zero-order valence-corrected chi connectivity index (χ0v) is 28.0. The average Bonchev–Trinajstić information content (AvgIpc) is 3.63. The van der Waals surface area contributed by atoms with Gasteiger partial charge >= 0.3 is 0 Å². The Morgan fingerprint density at radius 1 is 0.653 bits per heavy atom. The first-order chi connectivity index (χ1) is 23.8. The second-order valence-electron chi connectivity index (χ2n) is 11.1. The number of amides is 1. The van der Waals surface area contributed by atoms with Crippen molar-refractivity contribution < 1.29 is 42.5 Å². The second kappa shape index (κ2) is 14.4. The molecule has 5 aromatic rings. The summed E-state index contributed by atoms with van der Waals surface area (Å²) >= 11 is 0. The Balaban J connectivity index is 1.12. The minimum atomic E-state index is -0.420. The van der Waals surface area contributed by atoms with E-state index in [1.807, 2.05) is 61.5 Å². The Morgan fingerprint density at radius 3 is 2.02 bits per heavy atom. The number of anilines is 1. The number of hydrogen-bond donors (Lipinski definition) is 2. The fourth-order valence-corrected chi connectivity index (χ4v) is 5.54. The van der Waals surface area contributed by atoms with Gasteiger partial charge in [-0.15, -0.1) is 0 Å². The van der Waals surface area contributed by atoms with Crippen LogP contribution in [0.1, 0.15) is 27.7 Å². The molecule has 1 atom stereocenters. The van der Waals surface area contributed by atoms with Crippen LogP contribution in [0.2, 0.25) is 0 Å². The van der Waals surface area contributed by atoms with Gasteiger partial charge in [0.2, 0.25) is 5.75 Å². The summed E-state index contributed by atoms with van der Waals surface area (Å²) in [5, 5.41) is 10.7. The van der Waals surface area contributed by atoms with E-state index in [0.29, 0.717) is 62.8 Å². The summed E-state index contributed by atoms with van der Waals surface area (Å²) in [4.78, 5) is 12.8. The van der Waals surface area contributed by atoms with Crippen LogP contribution in [0.5, 0.6) is 40.2 Å². The molecule has 1 aliphatic rings. The first-order valence-electron chi connectivity index (χ1n) is 15.4. The predicted octanol–water partition coefficient (Wildman–Crippen LogP) is 6.67. The smallest absolute Gasteiger partial charge is 0.255 e. The van der Waals surface area contributed by atoms with E-state index in [1.165, 1.54) is 0 Å². The lowest BCUT2D eigenvalue weighted by atomic mass is 10.0. The third kappa shape index (κ3) is 6.84. The van der Waals surface area contributed by atoms with E-state index in [-0.39, 0.29) is 19.1 Å². The lowest BCUT2D eigenvalue weighted by Gasteiger charge is -2.28. The van der Waals surface area contributed by atoms with Crippen molar-refractivity contribution in [3.63, 3.8) is 0 Å². The van der Waals surface area contributed by atoms with E-state index in [0.717, 1.165) is 22.4 Å². The van der Waals surface area contributed by atoms with Crippen LogP contribution in [0.15, 0.2) is 77.3 Å². The van der Waals surface area contributed by atoms with Crippen LogP contribution in [0.3, 0.4) is 0 Å². The van der Waals surface area contributed by atoms with Gasteiger partial charge in [0, 0.05) is 22.9 Å². The second-order valence-corrected chi connectivity index (χ2v) is 11.1. The van der Waals surface area contributed by atoms with Crippen molar-refractivity contribution in [2.24, 2.45) is 0 Å². The number of carbonyl (C=O) groups is 1. The molecule has 0 fully saturated rings. The van der Waals surface area contributed by atoms with E-state index < -0.39 is 6.17 Å². The number of hydrogen-bond acceptors (Lipinski definition) is 11. The van der Waals surface area contributed by atoms with Crippen molar-refractivity contribution >= 4 is 11.6 Å². The fourth-order valence-electron chi connectivity index (χ4n) is 5.54. The van der Waals surface area contributed by atoms with Crippen molar-refractivity contribution in [2.75, 3.05) is 54.1 Å². The van der Waals surface area contributed by atoms with E-state index in [1.54, 1.807) is 53.7 Å². The van der Waals surface area contributed by atoms with Crippen molar-refractivity contribution in [2.45, 2.75) is 13.1 Å². The SMILES string of the molecule is COc1cc(C2NC(=O)c3cc(C)ccc3N2)ccc1OCCOc1cc(-c2cc(-c3cc(OC)c(OC)c(OC)c3)on2)ccc1OC. The quantitative estimate of drug-likeness (QED) is 0.131. The number of fused-ring (bicyclic) bond motifs is 1. The van der Waals surface area contributed by atoms with Gasteiger partial charge in [-0.25, -0.2) is 0 Å². The molecule has 12 heteroatoms. The minimum absolute atomic E-state index is 0.138. The molecule has 2 heterocycles. The Labute approximate surface area is 283 Å². The molecule has 2 N–H and O–H groups in total. The van der Waals surface area contributed by atoms with Crippen LogP contribution in [-0.4, -0.2) is 59.8 Å². The number of rotatable bonds is 13. The van der Waals surface area contributed by atoms with Crippen LogP contribution in [-0.2, 0) is 0 Å². The van der Waals surface area contributed by atoms with Gasteiger partial charge in [0.15, 0.2) is 40.3 Å². The number of aryl methyl sites for hydroxylation is 1. The standard InChI is InChI=1S/C37H37N3O9/c1-21-7-10-26-25(15-21)37(41)39-36(38-26)23-9-12-29(31(17-23)43-3)47-13-14-48-32-16-22(8-11-28(32)42-2)27-20-30(49-40-27)24-18-33(44-4)35(46-6)34(19-24)45-5/h7-12,15-20,36,38H,13-14H2,1-6H3,(H,39,41). The van der Waals surface area contributed by atoms with Crippen LogP contribution >= 0.6 is 0 Å². The van der Waals surface area contributed by atoms with Crippen molar-refractivity contribution in [1.82, 2.24) is 10.5 Å². The summed E-state index contributed by atoms with van der Waals surface area (Å²) in [7, 11) is 7.81. The van der Waals surface area contributed by atoms with E-state index in [2.05, 4.69) is 15.8 Å². The zero-order valence-electron chi connectivity index (χ0n) is 28.0. The summed E-state index contributed by atoms with van der Waals surface area (Å²) < 4.78 is 45.3. The van der Waals surface area contributed by atoms with Crippen LogP contribution in [0.25, 0.3) is 22.6 Å². The number of nitrogens with zero attached hydrogens (tertiary/aromatic N) is 1. The summed E-state index contributed by atoms with van der Waals surface area (Å²) in [6, 6.07) is 22.2. The topological polar surface area (TPSA) is 132 Å². The van der Waals surface area contributed by atoms with Crippen molar-refractivity contribution in [3.05, 3.63) is 89.5 Å². The summed E-state index contributed by atoms with van der Waals surface area (Å²) in [5.74, 6) is 3.99. The van der Waals surface area contributed by atoms with Gasteiger partial charge in [0.25, 0.3) is 5.91 Å². The molecular formula is C37H37N3O9. The molecule has 4 aromatic carbocycles. The highest BCUT2D eigenvalue weighted by molar-refractivity contribution is 6.02. The summed E-state index contributed by atoms with van der Waals surface area (Å²) in [6.07, 6.45) is -0.420. The molecule has 12 nitrogen and oxygen atoms in total. The zero-order chi connectivity index (χ0) is 34.5. The number of nitrogens with one attached hydrogen (secondary N) is 2. The molecular weight excluding hydrogens is 630 g/mol. The Bertz CT molecular complexity index is 1950. The molecule has 0 saturated carbocycles. The first-order valence-corrected chi connectivity index (χ1v) is 15.4. The molecule has 49 heavy (non-hydrogen) atoms. The number of benzene rings is 4. The van der Waals surface area contributed by atoms with Gasteiger partial charge in [-0.05, 0) is 67.1 Å². The van der Waals surface area contributed by atoms with Crippen molar-refractivity contribution in [3.8, 4) is 62.8 Å². The van der Waals surface area contributed by atoms with Crippen LogP contribution < -0.4 is 43.8 Å². The van der Waals surface area contributed by atoms with Gasteiger partial charge < -0.3 is 48.3 Å². The molecule has 0 saturated heterocycles. The van der Waals surface area contributed by atoms with E-state index >= 15 is 0 Å². The lowest BCUT2D eigenvalue weighted by molar-refractivity contribution is 0.0935. The molecule has 254 valence electrons. The largest absolute Gasteiger partial charge is 0.493 e. The van der Waals surface area contributed by atoms with Crippen LogP contribution in [0.4, 0.5) is 5.69 Å². The fraction of sp³-hybridized carbons (Fsp3) is 0.243. The van der Waals surface area contributed by atoms with Gasteiger partial charge in [0.1, 0.15) is 25.1 Å². The van der Waals surface area contributed by atoms with E-state index in [4.69, 9.17) is 37.7 Å². The molecule has 1 aromatic heterocycles. The van der Waals surface area contributed by atoms with Gasteiger partial charge in [-0.3, -0.25) is 4.79 Å². The molecule has 0 aliphatic carbocycles. The molecule has 1 amide bonds. The van der Waals surface area contributed by atoms with Gasteiger partial charge in [-0.1, -0.05) is 22.9 Å². The maximum atomic E-state index is 12.8. The van der Waals surface area contributed by atoms with E-state index in [9.17, 15) is 4.79 Å². The highest BCUT2D eigenvalue weighted by Crippen LogP contribution is 2.42. The highest BCUT2D eigenvalue weighted by Gasteiger charge is 2.25. The number of carbonyl (C=O) groups excluding carboxylic acids is 1. The lowest BCUT2D eigenvalue weighted by Crippen LogP contribution is -2.38. The molecule has 1 unspecified atom stereocenters. The normalized spacial score (nSPS) is 13.4.